The highest BCUT2D eigenvalue weighted by atomic mass is 16.3. The molecule has 2 N–H and O–H groups in total. The lowest BCUT2D eigenvalue weighted by molar-refractivity contribution is 0.0937. The molecule has 1 atom stereocenters. The number of ketones is 1. The van der Waals surface area contributed by atoms with Gasteiger partial charge in [-0.25, -0.2) is 0 Å². The Balaban J connectivity index is 2.66. The van der Waals surface area contributed by atoms with Crippen molar-refractivity contribution in [2.24, 2.45) is 7.05 Å². The first-order valence-corrected chi connectivity index (χ1v) is 5.55. The lowest BCUT2D eigenvalue weighted by atomic mass is 10.2. The van der Waals surface area contributed by atoms with Crippen molar-refractivity contribution in [3.05, 3.63) is 23.5 Å². The van der Waals surface area contributed by atoms with Crippen LogP contribution in [0.25, 0.3) is 0 Å². The van der Waals surface area contributed by atoms with E-state index >= 15 is 0 Å². The summed E-state index contributed by atoms with van der Waals surface area (Å²) in [4.78, 5) is 22.9. The molecule has 1 aromatic rings. The van der Waals surface area contributed by atoms with E-state index in [2.05, 4.69) is 5.32 Å². The topological polar surface area (TPSA) is 71.3 Å². The Morgan fingerprint density at radius 1 is 1.53 bits per heavy atom. The molecule has 0 aliphatic heterocycles. The molecule has 0 spiro atoms. The molecule has 17 heavy (non-hydrogen) atoms. The maximum absolute atomic E-state index is 11.8. The zero-order valence-electron chi connectivity index (χ0n) is 10.4. The van der Waals surface area contributed by atoms with Crippen LogP contribution in [0.1, 0.15) is 41.1 Å². The molecular weight excluding hydrogens is 220 g/mol. The van der Waals surface area contributed by atoms with E-state index in [1.165, 1.54) is 6.92 Å². The van der Waals surface area contributed by atoms with Crippen LogP contribution in [0, 0.1) is 0 Å². The summed E-state index contributed by atoms with van der Waals surface area (Å²) in [5.41, 5.74) is 0.967. The lowest BCUT2D eigenvalue weighted by Gasteiger charge is -2.07. The van der Waals surface area contributed by atoms with Crippen molar-refractivity contribution in [2.45, 2.75) is 26.4 Å². The van der Waals surface area contributed by atoms with Crippen LogP contribution in [-0.4, -0.2) is 34.0 Å². The fraction of sp³-hybridized carbons (Fsp3) is 0.500. The highest BCUT2D eigenvalue weighted by molar-refractivity contribution is 5.99. The van der Waals surface area contributed by atoms with Gasteiger partial charge in [0, 0.05) is 25.4 Å². The molecule has 1 amide bonds. The van der Waals surface area contributed by atoms with Crippen molar-refractivity contribution >= 4 is 11.7 Å². The van der Waals surface area contributed by atoms with Gasteiger partial charge < -0.3 is 15.0 Å². The predicted octanol–water partition coefficient (Wildman–Crippen LogP) is 0.728. The third kappa shape index (κ3) is 3.71. The number of hydrogen-bond donors (Lipinski definition) is 2. The Morgan fingerprint density at radius 3 is 2.65 bits per heavy atom. The zero-order chi connectivity index (χ0) is 13.0. The van der Waals surface area contributed by atoms with Crippen molar-refractivity contribution in [3.63, 3.8) is 0 Å². The molecule has 0 radical (unpaired) electrons. The number of rotatable bonds is 5. The molecule has 0 saturated heterocycles. The van der Waals surface area contributed by atoms with Crippen molar-refractivity contribution in [1.82, 2.24) is 9.88 Å². The van der Waals surface area contributed by atoms with Gasteiger partial charge in [0.15, 0.2) is 5.78 Å². The predicted molar refractivity (Wildman–Crippen MR) is 64.0 cm³/mol. The van der Waals surface area contributed by atoms with Crippen LogP contribution in [0.15, 0.2) is 12.3 Å². The summed E-state index contributed by atoms with van der Waals surface area (Å²) < 4.78 is 1.62. The maximum atomic E-state index is 11.8. The molecule has 0 saturated carbocycles. The van der Waals surface area contributed by atoms with E-state index < -0.39 is 6.10 Å². The number of Topliss-reactive ketones (excluding diaryl/α,β-unsaturated/α-hetero) is 1. The molecule has 0 aromatic carbocycles. The average molecular weight is 238 g/mol. The Hall–Kier alpha value is -1.62. The minimum Gasteiger partial charge on any atom is -0.393 e. The van der Waals surface area contributed by atoms with E-state index in [0.717, 1.165) is 0 Å². The summed E-state index contributed by atoms with van der Waals surface area (Å²) in [6, 6.07) is 1.57. The smallest absolute Gasteiger partial charge is 0.267 e. The van der Waals surface area contributed by atoms with Crippen LogP contribution in [0.5, 0.6) is 0 Å². The number of amides is 1. The zero-order valence-corrected chi connectivity index (χ0v) is 10.4. The Labute approximate surface area is 100 Å². The number of carbonyl (C=O) groups is 2. The molecule has 1 aromatic heterocycles. The van der Waals surface area contributed by atoms with Gasteiger partial charge in [0.05, 0.1) is 6.10 Å². The van der Waals surface area contributed by atoms with Crippen molar-refractivity contribution in [2.75, 3.05) is 6.54 Å². The minimum atomic E-state index is -0.434. The van der Waals surface area contributed by atoms with E-state index in [4.69, 9.17) is 5.11 Å². The van der Waals surface area contributed by atoms with E-state index in [0.29, 0.717) is 24.2 Å². The highest BCUT2D eigenvalue weighted by Gasteiger charge is 2.13. The average Bonchev–Trinajstić information content (AvgIpc) is 2.59. The molecule has 0 bridgehead atoms. The molecule has 5 nitrogen and oxygen atoms in total. The highest BCUT2D eigenvalue weighted by Crippen LogP contribution is 2.08. The van der Waals surface area contributed by atoms with Crippen molar-refractivity contribution < 1.29 is 14.7 Å². The number of aliphatic hydroxyl groups is 1. The van der Waals surface area contributed by atoms with Gasteiger partial charge in [-0.05, 0) is 26.3 Å². The van der Waals surface area contributed by atoms with Crippen LogP contribution in [0.3, 0.4) is 0 Å². The van der Waals surface area contributed by atoms with Crippen LogP contribution in [-0.2, 0) is 7.05 Å². The summed E-state index contributed by atoms with van der Waals surface area (Å²) in [6.45, 7) is 3.55. The van der Waals surface area contributed by atoms with Gasteiger partial charge in [0.1, 0.15) is 5.69 Å². The minimum absolute atomic E-state index is 0.0661. The second-order valence-electron chi connectivity index (χ2n) is 4.17. The molecule has 1 heterocycles. The number of aryl methyl sites for hydroxylation is 1. The van der Waals surface area contributed by atoms with Gasteiger partial charge in [-0.15, -0.1) is 0 Å². The summed E-state index contributed by atoms with van der Waals surface area (Å²) in [7, 11) is 1.72. The van der Waals surface area contributed by atoms with Crippen LogP contribution < -0.4 is 5.32 Å². The summed E-state index contributed by atoms with van der Waals surface area (Å²) in [6.07, 6.45) is 1.71. The van der Waals surface area contributed by atoms with E-state index in [9.17, 15) is 9.59 Å². The Bertz CT molecular complexity index is 421. The maximum Gasteiger partial charge on any atom is 0.267 e. The van der Waals surface area contributed by atoms with E-state index in [-0.39, 0.29) is 11.7 Å². The van der Waals surface area contributed by atoms with Crippen LogP contribution in [0.4, 0.5) is 0 Å². The number of aromatic nitrogens is 1. The molecule has 1 unspecified atom stereocenters. The van der Waals surface area contributed by atoms with Gasteiger partial charge in [0.25, 0.3) is 5.91 Å². The Kier molecular flexibility index (Phi) is 4.45. The first-order valence-electron chi connectivity index (χ1n) is 5.55. The molecule has 94 valence electrons. The fourth-order valence-corrected chi connectivity index (χ4v) is 1.47. The van der Waals surface area contributed by atoms with Gasteiger partial charge in [-0.2, -0.15) is 0 Å². The standard InChI is InChI=1S/C12H18N2O3/c1-8(15)4-5-13-12(17)11-6-10(9(2)16)7-14(11)3/h6-8,15H,4-5H2,1-3H3,(H,13,17). The SMILES string of the molecule is CC(=O)c1cc(C(=O)NCCC(C)O)n(C)c1. The summed E-state index contributed by atoms with van der Waals surface area (Å²) >= 11 is 0. The molecule has 0 aliphatic carbocycles. The quantitative estimate of drug-likeness (QED) is 0.743. The monoisotopic (exact) mass is 238 g/mol. The third-order valence-corrected chi connectivity index (χ3v) is 2.49. The second-order valence-corrected chi connectivity index (χ2v) is 4.17. The number of nitrogens with zero attached hydrogens (tertiary/aromatic N) is 1. The normalized spacial score (nSPS) is 12.2. The number of nitrogens with one attached hydrogen (secondary N) is 1. The molecule has 0 fully saturated rings. The fourth-order valence-electron chi connectivity index (χ4n) is 1.47. The molecule has 5 heteroatoms. The molecular formula is C12H18N2O3. The largest absolute Gasteiger partial charge is 0.393 e. The number of carbonyl (C=O) groups excluding carboxylic acids is 2. The first-order chi connectivity index (χ1) is 7.91. The Morgan fingerprint density at radius 2 is 2.18 bits per heavy atom. The van der Waals surface area contributed by atoms with Gasteiger partial charge >= 0.3 is 0 Å². The van der Waals surface area contributed by atoms with Gasteiger partial charge in [-0.1, -0.05) is 0 Å². The van der Waals surface area contributed by atoms with E-state index in [1.54, 1.807) is 30.8 Å². The number of hydrogen-bond acceptors (Lipinski definition) is 3. The third-order valence-electron chi connectivity index (χ3n) is 2.49. The summed E-state index contributed by atoms with van der Waals surface area (Å²) in [5, 5.41) is 11.8. The van der Waals surface area contributed by atoms with Crippen molar-refractivity contribution in [1.29, 1.82) is 0 Å². The van der Waals surface area contributed by atoms with Crippen LogP contribution in [0.2, 0.25) is 0 Å². The first kappa shape index (κ1) is 13.4. The molecule has 1 rings (SSSR count). The summed E-state index contributed by atoms with van der Waals surface area (Å²) in [5.74, 6) is -0.302. The van der Waals surface area contributed by atoms with Gasteiger partial charge in [0.2, 0.25) is 0 Å². The second kappa shape index (κ2) is 5.63. The lowest BCUT2D eigenvalue weighted by Crippen LogP contribution is -2.27. The van der Waals surface area contributed by atoms with Crippen LogP contribution >= 0.6 is 0 Å². The number of aliphatic hydroxyl groups excluding tert-OH is 1. The van der Waals surface area contributed by atoms with Gasteiger partial charge in [-0.3, -0.25) is 9.59 Å². The van der Waals surface area contributed by atoms with E-state index in [1.807, 2.05) is 0 Å². The molecule has 0 aliphatic rings. The van der Waals surface area contributed by atoms with Crippen molar-refractivity contribution in [3.8, 4) is 0 Å².